The molecule has 0 saturated heterocycles. The minimum atomic E-state index is -3.87. The molecule has 4 aromatic rings. The summed E-state index contributed by atoms with van der Waals surface area (Å²) in [5.41, 5.74) is 0.792. The van der Waals surface area contributed by atoms with E-state index in [1.54, 1.807) is 11.3 Å². The lowest BCUT2D eigenvalue weighted by atomic mass is 10.2. The van der Waals surface area contributed by atoms with Crippen molar-refractivity contribution in [2.45, 2.75) is 4.90 Å². The van der Waals surface area contributed by atoms with Crippen LogP contribution in [0.3, 0.4) is 0 Å². The fourth-order valence-electron chi connectivity index (χ4n) is 3.03. The fraction of sp³-hybridized carbons (Fsp3) is 0.143. The zero-order valence-corrected chi connectivity index (χ0v) is 18.1. The van der Waals surface area contributed by atoms with E-state index in [2.05, 4.69) is 20.0 Å². The Balaban J connectivity index is 1.50. The van der Waals surface area contributed by atoms with E-state index in [-0.39, 0.29) is 23.7 Å². The SMILES string of the molecule is COc1cc(F)ccc1S(=O)(=O)NCCNc1nc(-c2cccs2)nc2ccccc12. The molecule has 2 heterocycles. The minimum absolute atomic E-state index is 0.0529. The number of thiophene rings is 1. The lowest BCUT2D eigenvalue weighted by Crippen LogP contribution is -2.29. The highest BCUT2D eigenvalue weighted by Gasteiger charge is 2.19. The summed E-state index contributed by atoms with van der Waals surface area (Å²) in [6.45, 7) is 0.378. The molecule has 10 heteroatoms. The molecule has 31 heavy (non-hydrogen) atoms. The van der Waals surface area contributed by atoms with E-state index in [4.69, 9.17) is 4.74 Å². The van der Waals surface area contributed by atoms with Crippen LogP contribution in [0.1, 0.15) is 0 Å². The standard InChI is InChI=1S/C21H19FN4O3S2/c1-29-17-13-14(22)8-9-19(17)31(27,28)24-11-10-23-20-15-5-2-3-6-16(15)25-21(26-20)18-7-4-12-30-18/h2-9,12-13,24H,10-11H2,1H3,(H,23,25,26). The zero-order chi connectivity index (χ0) is 21.8. The van der Waals surface area contributed by atoms with Gasteiger partial charge in [-0.05, 0) is 35.7 Å². The number of hydrogen-bond donors (Lipinski definition) is 2. The molecule has 2 aromatic heterocycles. The maximum Gasteiger partial charge on any atom is 0.244 e. The number of para-hydroxylation sites is 1. The summed E-state index contributed by atoms with van der Waals surface area (Å²) in [6.07, 6.45) is 0. The molecule has 2 aromatic carbocycles. The number of ether oxygens (including phenoxy) is 1. The summed E-state index contributed by atoms with van der Waals surface area (Å²) >= 11 is 1.54. The van der Waals surface area contributed by atoms with E-state index in [1.807, 2.05) is 41.8 Å². The monoisotopic (exact) mass is 458 g/mol. The van der Waals surface area contributed by atoms with Gasteiger partial charge in [-0.3, -0.25) is 0 Å². The first kappa shape index (κ1) is 21.2. The molecular formula is C21H19FN4O3S2. The van der Waals surface area contributed by atoms with Crippen LogP contribution in [0.15, 0.2) is 64.9 Å². The largest absolute Gasteiger partial charge is 0.495 e. The van der Waals surface area contributed by atoms with Gasteiger partial charge in [0.2, 0.25) is 10.0 Å². The van der Waals surface area contributed by atoms with Gasteiger partial charge in [0.05, 0.1) is 17.5 Å². The predicted octanol–water partition coefficient (Wildman–Crippen LogP) is 3.90. The Hall–Kier alpha value is -3.08. The third kappa shape index (κ3) is 4.66. The van der Waals surface area contributed by atoms with Crippen LogP contribution in [-0.4, -0.2) is 38.6 Å². The molecule has 0 atom stereocenters. The Bertz CT molecular complexity index is 1310. The number of methoxy groups -OCH3 is 1. The van der Waals surface area contributed by atoms with Crippen molar-refractivity contribution in [1.82, 2.24) is 14.7 Å². The van der Waals surface area contributed by atoms with Gasteiger partial charge >= 0.3 is 0 Å². The second-order valence-electron chi connectivity index (χ2n) is 6.51. The molecule has 0 radical (unpaired) electrons. The highest BCUT2D eigenvalue weighted by Crippen LogP contribution is 2.27. The van der Waals surface area contributed by atoms with Gasteiger partial charge in [0.25, 0.3) is 0 Å². The summed E-state index contributed by atoms with van der Waals surface area (Å²) in [7, 11) is -2.58. The molecule has 7 nitrogen and oxygen atoms in total. The number of sulfonamides is 1. The first-order valence-electron chi connectivity index (χ1n) is 9.36. The van der Waals surface area contributed by atoms with Gasteiger partial charge in [-0.15, -0.1) is 11.3 Å². The van der Waals surface area contributed by atoms with Crippen LogP contribution in [0.5, 0.6) is 5.75 Å². The minimum Gasteiger partial charge on any atom is -0.495 e. The van der Waals surface area contributed by atoms with Gasteiger partial charge in [0.15, 0.2) is 5.82 Å². The van der Waals surface area contributed by atoms with Gasteiger partial charge in [-0.25, -0.2) is 27.5 Å². The van der Waals surface area contributed by atoms with E-state index >= 15 is 0 Å². The molecule has 0 bridgehead atoms. The van der Waals surface area contributed by atoms with Crippen molar-refractivity contribution in [2.24, 2.45) is 0 Å². The van der Waals surface area contributed by atoms with Gasteiger partial charge < -0.3 is 10.1 Å². The smallest absolute Gasteiger partial charge is 0.244 e. The van der Waals surface area contributed by atoms with E-state index in [0.29, 0.717) is 11.6 Å². The van der Waals surface area contributed by atoms with Crippen LogP contribution in [0.25, 0.3) is 21.6 Å². The van der Waals surface area contributed by atoms with Crippen molar-refractivity contribution in [3.8, 4) is 16.5 Å². The van der Waals surface area contributed by atoms with Crippen LogP contribution in [-0.2, 0) is 10.0 Å². The number of hydrogen-bond acceptors (Lipinski definition) is 7. The second kappa shape index (κ2) is 8.96. The van der Waals surface area contributed by atoms with E-state index < -0.39 is 15.8 Å². The number of nitrogens with one attached hydrogen (secondary N) is 2. The number of benzene rings is 2. The van der Waals surface area contributed by atoms with Crippen molar-refractivity contribution in [3.05, 3.63) is 65.8 Å². The number of fused-ring (bicyclic) bond motifs is 1. The van der Waals surface area contributed by atoms with Crippen LogP contribution < -0.4 is 14.8 Å². The zero-order valence-electron chi connectivity index (χ0n) is 16.5. The lowest BCUT2D eigenvalue weighted by molar-refractivity contribution is 0.398. The van der Waals surface area contributed by atoms with E-state index in [9.17, 15) is 12.8 Å². The molecule has 4 rings (SSSR count). The highest BCUT2D eigenvalue weighted by atomic mass is 32.2. The van der Waals surface area contributed by atoms with E-state index in [0.717, 1.165) is 27.9 Å². The molecule has 0 aliphatic rings. The van der Waals surface area contributed by atoms with Crippen molar-refractivity contribution >= 4 is 38.1 Å². The van der Waals surface area contributed by atoms with Crippen molar-refractivity contribution in [3.63, 3.8) is 0 Å². The Morgan fingerprint density at radius 1 is 1.06 bits per heavy atom. The number of anilines is 1. The Morgan fingerprint density at radius 2 is 1.90 bits per heavy atom. The fourth-order valence-corrected chi connectivity index (χ4v) is 4.87. The van der Waals surface area contributed by atoms with Crippen molar-refractivity contribution in [2.75, 3.05) is 25.5 Å². The Labute approximate surface area is 183 Å². The molecule has 0 fully saturated rings. The third-order valence-corrected chi connectivity index (χ3v) is 6.84. The summed E-state index contributed by atoms with van der Waals surface area (Å²) in [4.78, 5) is 10.1. The number of nitrogens with zero attached hydrogens (tertiary/aromatic N) is 2. The van der Waals surface area contributed by atoms with E-state index in [1.165, 1.54) is 13.2 Å². The topological polar surface area (TPSA) is 93.2 Å². The number of rotatable bonds is 8. The summed E-state index contributed by atoms with van der Waals surface area (Å²) in [5.74, 6) is 0.595. The normalized spacial score (nSPS) is 11.5. The molecule has 0 saturated carbocycles. The Morgan fingerprint density at radius 3 is 2.68 bits per heavy atom. The first-order chi connectivity index (χ1) is 15.0. The average Bonchev–Trinajstić information content (AvgIpc) is 3.31. The molecule has 0 amide bonds. The molecule has 0 spiro atoms. The highest BCUT2D eigenvalue weighted by molar-refractivity contribution is 7.89. The molecule has 0 aliphatic carbocycles. The summed E-state index contributed by atoms with van der Waals surface area (Å²) in [6, 6.07) is 14.8. The molecule has 0 aliphatic heterocycles. The average molecular weight is 459 g/mol. The maximum absolute atomic E-state index is 13.4. The maximum atomic E-state index is 13.4. The van der Waals surface area contributed by atoms with Gasteiger partial charge in [0.1, 0.15) is 22.3 Å². The third-order valence-electron chi connectivity index (χ3n) is 4.47. The molecular weight excluding hydrogens is 439 g/mol. The Kier molecular flexibility index (Phi) is 6.12. The van der Waals surface area contributed by atoms with Crippen LogP contribution in [0.4, 0.5) is 10.2 Å². The van der Waals surface area contributed by atoms with Crippen LogP contribution in [0, 0.1) is 5.82 Å². The predicted molar refractivity (Wildman–Crippen MR) is 119 cm³/mol. The molecule has 160 valence electrons. The second-order valence-corrected chi connectivity index (χ2v) is 9.19. The van der Waals surface area contributed by atoms with Crippen molar-refractivity contribution in [1.29, 1.82) is 0 Å². The number of halogens is 1. The molecule has 0 unspecified atom stereocenters. The quantitative estimate of drug-likeness (QED) is 0.389. The molecule has 2 N–H and O–H groups in total. The first-order valence-corrected chi connectivity index (χ1v) is 11.7. The number of aromatic nitrogens is 2. The summed E-state index contributed by atoms with van der Waals surface area (Å²) in [5, 5.41) is 5.98. The lowest BCUT2D eigenvalue weighted by Gasteiger charge is -2.13. The van der Waals surface area contributed by atoms with Crippen LogP contribution in [0.2, 0.25) is 0 Å². The van der Waals surface area contributed by atoms with Gasteiger partial charge in [-0.1, -0.05) is 18.2 Å². The van der Waals surface area contributed by atoms with Gasteiger partial charge in [0, 0.05) is 24.5 Å². The van der Waals surface area contributed by atoms with Crippen molar-refractivity contribution < 1.29 is 17.5 Å². The van der Waals surface area contributed by atoms with Gasteiger partial charge in [-0.2, -0.15) is 0 Å². The summed E-state index contributed by atoms with van der Waals surface area (Å²) < 4.78 is 46.0. The van der Waals surface area contributed by atoms with Crippen LogP contribution >= 0.6 is 11.3 Å².